The number of hydrogen-bond acceptors (Lipinski definition) is 7. The lowest BCUT2D eigenvalue weighted by Gasteiger charge is -2.30. The van der Waals surface area contributed by atoms with Gasteiger partial charge in [-0.15, -0.1) is 0 Å². The topological polar surface area (TPSA) is 113 Å². The molecule has 0 aliphatic carbocycles. The van der Waals surface area contributed by atoms with Gasteiger partial charge < -0.3 is 29.1 Å². The summed E-state index contributed by atoms with van der Waals surface area (Å²) < 4.78 is 18.7. The number of carboxylic acids is 1. The van der Waals surface area contributed by atoms with Gasteiger partial charge in [0.25, 0.3) is 0 Å². The fourth-order valence-electron chi connectivity index (χ4n) is 6.81. The smallest absolute Gasteiger partial charge is 0.308 e. The van der Waals surface area contributed by atoms with Crippen molar-refractivity contribution in [2.45, 2.75) is 58.4 Å². The van der Waals surface area contributed by atoms with Crippen LogP contribution < -0.4 is 23.7 Å². The van der Waals surface area contributed by atoms with Crippen LogP contribution in [0.25, 0.3) is 0 Å². The zero-order valence-corrected chi connectivity index (χ0v) is 26.5. The van der Waals surface area contributed by atoms with Gasteiger partial charge in [0, 0.05) is 49.6 Å². The first kappa shape index (κ1) is 31.6. The number of aromatic nitrogens is 1. The Morgan fingerprint density at radius 1 is 1.25 bits per heavy atom. The molecule has 0 saturated carbocycles. The molecule has 3 atom stereocenters. The molecule has 4 heterocycles. The van der Waals surface area contributed by atoms with E-state index in [1.54, 1.807) is 12.0 Å². The SMILES string of the molecule is CCCCN(C(=O)CN1C[C@H](c2cc(OC)c3c(c2)OCO3)C(C(=O)O)[C@@H]1CCN1CCC(C)(C)C1=O)c1ccc[n+](C)c1. The highest BCUT2D eigenvalue weighted by atomic mass is 16.7. The molecule has 1 unspecified atom stereocenters. The Bertz CT molecular complexity index is 1400. The van der Waals surface area contributed by atoms with Crippen LogP contribution in [0.3, 0.4) is 0 Å². The first-order valence-electron chi connectivity index (χ1n) is 15.5. The van der Waals surface area contributed by atoms with E-state index in [9.17, 15) is 19.5 Å². The molecule has 3 aliphatic heterocycles. The van der Waals surface area contributed by atoms with Gasteiger partial charge in [-0.25, -0.2) is 4.57 Å². The number of benzene rings is 1. The maximum absolute atomic E-state index is 14.0. The monoisotopic (exact) mass is 609 g/mol. The molecule has 2 aromatic rings. The number of carbonyl (C=O) groups is 3. The third-order valence-corrected chi connectivity index (χ3v) is 9.32. The Kier molecular flexibility index (Phi) is 9.34. The van der Waals surface area contributed by atoms with E-state index in [0.717, 1.165) is 30.5 Å². The van der Waals surface area contributed by atoms with Gasteiger partial charge in [0.1, 0.15) is 12.7 Å². The lowest BCUT2D eigenvalue weighted by Crippen LogP contribution is -2.46. The van der Waals surface area contributed by atoms with Crippen LogP contribution in [0, 0.1) is 11.3 Å². The van der Waals surface area contributed by atoms with Crippen LogP contribution in [0.2, 0.25) is 0 Å². The van der Waals surface area contributed by atoms with Crippen LogP contribution >= 0.6 is 0 Å². The summed E-state index contributed by atoms with van der Waals surface area (Å²) in [7, 11) is 3.46. The quantitative estimate of drug-likeness (QED) is 0.365. The average Bonchev–Trinajstić information content (AvgIpc) is 3.67. The molecule has 0 spiro atoms. The summed E-state index contributed by atoms with van der Waals surface area (Å²) in [5.74, 6) is -0.666. The number of unbranched alkanes of at least 4 members (excludes halogenated alkanes) is 1. The van der Waals surface area contributed by atoms with Crippen LogP contribution in [0.15, 0.2) is 36.7 Å². The highest BCUT2D eigenvalue weighted by molar-refractivity contribution is 5.94. The molecular formula is C33H45N4O7+. The lowest BCUT2D eigenvalue weighted by molar-refractivity contribution is -0.670. The second-order valence-electron chi connectivity index (χ2n) is 12.8. The number of carboxylic acid groups (broad SMARTS) is 1. The first-order valence-corrected chi connectivity index (χ1v) is 15.5. The summed E-state index contributed by atoms with van der Waals surface area (Å²) in [6, 6.07) is 7.03. The van der Waals surface area contributed by atoms with Crippen LogP contribution in [-0.2, 0) is 21.4 Å². The largest absolute Gasteiger partial charge is 0.493 e. The van der Waals surface area contributed by atoms with E-state index >= 15 is 0 Å². The number of methoxy groups -OCH3 is 1. The van der Waals surface area contributed by atoms with Crippen LogP contribution in [0.5, 0.6) is 17.2 Å². The number of carbonyl (C=O) groups excluding carboxylic acids is 2. The van der Waals surface area contributed by atoms with E-state index in [-0.39, 0.29) is 25.2 Å². The van der Waals surface area contributed by atoms with Crippen molar-refractivity contribution < 1.29 is 38.3 Å². The number of likely N-dealkylation sites (tertiary alicyclic amines) is 2. The van der Waals surface area contributed by atoms with Crippen molar-refractivity contribution >= 4 is 23.5 Å². The van der Waals surface area contributed by atoms with Gasteiger partial charge >= 0.3 is 5.97 Å². The van der Waals surface area contributed by atoms with E-state index in [0.29, 0.717) is 49.8 Å². The normalized spacial score (nSPS) is 22.4. The molecule has 1 N–H and O–H groups in total. The minimum absolute atomic E-state index is 0.0639. The predicted octanol–water partition coefficient (Wildman–Crippen LogP) is 3.20. The minimum atomic E-state index is -0.933. The van der Waals surface area contributed by atoms with E-state index in [2.05, 4.69) is 6.92 Å². The molecule has 44 heavy (non-hydrogen) atoms. The fraction of sp³-hybridized carbons (Fsp3) is 0.576. The summed E-state index contributed by atoms with van der Waals surface area (Å²) in [6.07, 6.45) is 6.84. The van der Waals surface area contributed by atoms with Crippen molar-refractivity contribution in [1.82, 2.24) is 9.80 Å². The molecule has 1 aromatic carbocycles. The van der Waals surface area contributed by atoms with Gasteiger partial charge in [-0.2, -0.15) is 0 Å². The summed E-state index contributed by atoms with van der Waals surface area (Å²) in [5.41, 5.74) is 1.14. The molecule has 11 heteroatoms. The molecule has 0 bridgehead atoms. The number of amides is 2. The molecule has 2 amide bonds. The summed E-state index contributed by atoms with van der Waals surface area (Å²) in [6.45, 7) is 8.14. The van der Waals surface area contributed by atoms with E-state index in [4.69, 9.17) is 14.2 Å². The van der Waals surface area contributed by atoms with Crippen LogP contribution in [0.4, 0.5) is 5.69 Å². The Morgan fingerprint density at radius 3 is 2.70 bits per heavy atom. The minimum Gasteiger partial charge on any atom is -0.493 e. The average molecular weight is 610 g/mol. The van der Waals surface area contributed by atoms with E-state index in [1.807, 2.05) is 71.9 Å². The van der Waals surface area contributed by atoms with Crippen molar-refractivity contribution in [2.75, 3.05) is 51.5 Å². The Balaban J connectivity index is 1.46. The number of pyridine rings is 1. The number of rotatable bonds is 12. The van der Waals surface area contributed by atoms with Crippen LogP contribution in [0.1, 0.15) is 57.9 Å². The van der Waals surface area contributed by atoms with Crippen molar-refractivity contribution in [3.8, 4) is 17.2 Å². The van der Waals surface area contributed by atoms with E-state index < -0.39 is 29.3 Å². The lowest BCUT2D eigenvalue weighted by atomic mass is 9.84. The summed E-state index contributed by atoms with van der Waals surface area (Å²) in [4.78, 5) is 45.8. The van der Waals surface area contributed by atoms with Gasteiger partial charge in [0.2, 0.25) is 24.4 Å². The second kappa shape index (κ2) is 13.0. The van der Waals surface area contributed by atoms with Gasteiger partial charge in [-0.1, -0.05) is 27.2 Å². The Labute approximate surface area is 259 Å². The molecule has 0 radical (unpaired) electrons. The maximum Gasteiger partial charge on any atom is 0.308 e. The summed E-state index contributed by atoms with van der Waals surface area (Å²) in [5, 5.41) is 10.7. The van der Waals surface area contributed by atoms with Crippen molar-refractivity contribution in [2.24, 2.45) is 18.4 Å². The number of nitrogens with zero attached hydrogens (tertiary/aromatic N) is 4. The standard InChI is InChI=1S/C33H44N4O7/c1-6-7-13-37(23-9-8-12-34(4)18-23)28(38)20-36-19-24(22-16-26(42-5)30-27(17-22)43-21-44-30)29(31(39)40)25(36)10-14-35-15-11-33(2,3)32(35)41/h8-9,12,16-18,24-25,29H,6-7,10-11,13-15,19-21H2,1-5H3/p+1/t24-,25+,29?/m1/s1. The highest BCUT2D eigenvalue weighted by Crippen LogP contribution is 2.47. The van der Waals surface area contributed by atoms with Gasteiger partial charge in [-0.05, 0) is 43.0 Å². The van der Waals surface area contributed by atoms with Gasteiger partial charge in [0.05, 0.1) is 19.6 Å². The van der Waals surface area contributed by atoms with Crippen molar-refractivity contribution in [1.29, 1.82) is 0 Å². The van der Waals surface area contributed by atoms with Crippen LogP contribution in [-0.4, -0.2) is 85.4 Å². The number of fused-ring (bicyclic) bond motifs is 1. The Hall–Kier alpha value is -3.86. The second-order valence-corrected chi connectivity index (χ2v) is 12.8. The van der Waals surface area contributed by atoms with Gasteiger partial charge in [-0.3, -0.25) is 19.3 Å². The molecule has 2 fully saturated rings. The van der Waals surface area contributed by atoms with Crippen molar-refractivity contribution in [3.05, 3.63) is 42.2 Å². The first-order chi connectivity index (χ1) is 21.0. The zero-order valence-electron chi connectivity index (χ0n) is 26.5. The maximum atomic E-state index is 14.0. The molecule has 2 saturated heterocycles. The molecule has 11 nitrogen and oxygen atoms in total. The Morgan fingerprint density at radius 2 is 2.05 bits per heavy atom. The van der Waals surface area contributed by atoms with E-state index in [1.165, 1.54) is 0 Å². The number of anilines is 1. The predicted molar refractivity (Wildman–Crippen MR) is 163 cm³/mol. The molecule has 3 aliphatic rings. The number of hydrogen-bond donors (Lipinski definition) is 1. The molecule has 1 aromatic heterocycles. The highest BCUT2D eigenvalue weighted by Gasteiger charge is 2.48. The van der Waals surface area contributed by atoms with Crippen molar-refractivity contribution in [3.63, 3.8) is 0 Å². The third kappa shape index (κ3) is 6.33. The third-order valence-electron chi connectivity index (χ3n) is 9.32. The molecular weight excluding hydrogens is 564 g/mol. The van der Waals surface area contributed by atoms with Gasteiger partial charge in [0.15, 0.2) is 23.9 Å². The number of aliphatic carboxylic acids is 1. The molecule has 5 rings (SSSR count). The fourth-order valence-corrected chi connectivity index (χ4v) is 6.81. The number of aryl methyl sites for hydroxylation is 1. The number of ether oxygens (including phenoxy) is 3. The summed E-state index contributed by atoms with van der Waals surface area (Å²) >= 11 is 0. The zero-order chi connectivity index (χ0) is 31.6. The molecule has 238 valence electrons.